The van der Waals surface area contributed by atoms with E-state index >= 15 is 0 Å². The van der Waals surface area contributed by atoms with Gasteiger partial charge >= 0.3 is 0 Å². The molecule has 3 rings (SSSR count). The zero-order valence-corrected chi connectivity index (χ0v) is 13.3. The molecule has 6 heteroatoms. The van der Waals surface area contributed by atoms with Gasteiger partial charge in [-0.25, -0.2) is 9.97 Å². The Labute approximate surface area is 131 Å². The molecule has 0 N–H and O–H groups in total. The highest BCUT2D eigenvalue weighted by Gasteiger charge is 2.11. The molecule has 0 spiro atoms. The summed E-state index contributed by atoms with van der Waals surface area (Å²) in [5, 5.41) is 0. The lowest BCUT2D eigenvalue weighted by Gasteiger charge is -2.26. The van der Waals surface area contributed by atoms with E-state index in [-0.39, 0.29) is 0 Å². The van der Waals surface area contributed by atoms with Crippen LogP contribution in [0.3, 0.4) is 0 Å². The number of morpholine rings is 1. The second-order valence-corrected chi connectivity index (χ2v) is 5.82. The van der Waals surface area contributed by atoms with E-state index in [1.807, 2.05) is 36.4 Å². The molecule has 120 valence electrons. The van der Waals surface area contributed by atoms with Crippen LogP contribution in [0.15, 0.2) is 24.8 Å². The first-order valence-corrected chi connectivity index (χ1v) is 8.13. The summed E-state index contributed by atoms with van der Waals surface area (Å²) in [6.07, 6.45) is 11.4. The first kappa shape index (κ1) is 15.2. The zero-order valence-electron chi connectivity index (χ0n) is 13.3. The van der Waals surface area contributed by atoms with Gasteiger partial charge in [0, 0.05) is 51.5 Å². The van der Waals surface area contributed by atoms with Gasteiger partial charge in [0.25, 0.3) is 0 Å². The SMILES string of the molecule is Cn1ccnc1-c1nccn1CCCCCN1CCOCC1. The third-order valence-electron chi connectivity index (χ3n) is 4.21. The number of nitrogens with zero attached hydrogens (tertiary/aromatic N) is 5. The molecule has 1 aliphatic rings. The lowest BCUT2D eigenvalue weighted by molar-refractivity contribution is 0.0371. The standard InChI is InChI=1S/C16H25N5O/c1-19-9-5-17-15(19)16-18-6-10-21(16)8-4-2-3-7-20-11-13-22-14-12-20/h5-6,9-10H,2-4,7-8,11-14H2,1H3. The zero-order chi connectivity index (χ0) is 15.2. The van der Waals surface area contributed by atoms with Crippen molar-refractivity contribution in [2.75, 3.05) is 32.8 Å². The summed E-state index contributed by atoms with van der Waals surface area (Å²) in [6.45, 7) is 6.16. The summed E-state index contributed by atoms with van der Waals surface area (Å²) in [4.78, 5) is 11.3. The van der Waals surface area contributed by atoms with Crippen LogP contribution in [0.4, 0.5) is 0 Å². The van der Waals surface area contributed by atoms with Crippen LogP contribution in [0.2, 0.25) is 0 Å². The maximum atomic E-state index is 5.37. The van der Waals surface area contributed by atoms with Gasteiger partial charge in [-0.3, -0.25) is 4.90 Å². The monoisotopic (exact) mass is 303 g/mol. The number of aromatic nitrogens is 4. The molecule has 22 heavy (non-hydrogen) atoms. The van der Waals surface area contributed by atoms with Crippen LogP contribution < -0.4 is 0 Å². The quantitative estimate of drug-likeness (QED) is 0.732. The highest BCUT2D eigenvalue weighted by Crippen LogP contribution is 2.15. The molecule has 0 aliphatic carbocycles. The molecular formula is C16H25N5O. The van der Waals surface area contributed by atoms with Crippen LogP contribution in [-0.4, -0.2) is 56.9 Å². The van der Waals surface area contributed by atoms with E-state index in [2.05, 4.69) is 19.4 Å². The Morgan fingerprint density at radius 3 is 2.45 bits per heavy atom. The van der Waals surface area contributed by atoms with Gasteiger partial charge in [0.15, 0.2) is 11.6 Å². The molecule has 0 unspecified atom stereocenters. The summed E-state index contributed by atoms with van der Waals surface area (Å²) in [7, 11) is 2.00. The van der Waals surface area contributed by atoms with Crippen LogP contribution >= 0.6 is 0 Å². The number of imidazole rings is 2. The fourth-order valence-corrected chi connectivity index (χ4v) is 2.90. The largest absolute Gasteiger partial charge is 0.379 e. The molecular weight excluding hydrogens is 278 g/mol. The van der Waals surface area contributed by atoms with E-state index in [1.54, 1.807) is 0 Å². The second-order valence-electron chi connectivity index (χ2n) is 5.82. The molecule has 1 aliphatic heterocycles. The van der Waals surface area contributed by atoms with Gasteiger partial charge in [0.2, 0.25) is 0 Å². The Morgan fingerprint density at radius 1 is 0.955 bits per heavy atom. The number of aryl methyl sites for hydroxylation is 2. The molecule has 2 aromatic heterocycles. The van der Waals surface area contributed by atoms with Crippen molar-refractivity contribution in [3.05, 3.63) is 24.8 Å². The maximum Gasteiger partial charge on any atom is 0.176 e. The first-order valence-electron chi connectivity index (χ1n) is 8.13. The molecule has 0 bridgehead atoms. The second kappa shape index (κ2) is 7.56. The Bertz CT molecular complexity index is 571. The third kappa shape index (κ3) is 3.75. The highest BCUT2D eigenvalue weighted by molar-refractivity contribution is 5.44. The molecule has 3 heterocycles. The predicted octanol–water partition coefficient (Wildman–Crippen LogP) is 1.79. The van der Waals surface area contributed by atoms with Crippen LogP contribution in [0.5, 0.6) is 0 Å². The molecule has 1 fully saturated rings. The molecule has 1 saturated heterocycles. The average Bonchev–Trinajstić information content (AvgIpc) is 3.16. The van der Waals surface area contributed by atoms with E-state index in [9.17, 15) is 0 Å². The Hall–Kier alpha value is -1.66. The predicted molar refractivity (Wildman–Crippen MR) is 85.5 cm³/mol. The van der Waals surface area contributed by atoms with Gasteiger partial charge in [-0.2, -0.15) is 0 Å². The molecule has 0 saturated carbocycles. The number of hydrogen-bond acceptors (Lipinski definition) is 4. The first-order chi connectivity index (χ1) is 10.8. The lowest BCUT2D eigenvalue weighted by atomic mass is 10.2. The minimum absolute atomic E-state index is 0.891. The van der Waals surface area contributed by atoms with Gasteiger partial charge in [-0.05, 0) is 19.4 Å². The Kier molecular flexibility index (Phi) is 5.24. The van der Waals surface area contributed by atoms with Gasteiger partial charge in [-0.15, -0.1) is 0 Å². The number of hydrogen-bond donors (Lipinski definition) is 0. The van der Waals surface area contributed by atoms with E-state index < -0.39 is 0 Å². The molecule has 0 aromatic carbocycles. The molecule has 0 radical (unpaired) electrons. The fraction of sp³-hybridized carbons (Fsp3) is 0.625. The summed E-state index contributed by atoms with van der Waals surface area (Å²) in [5.41, 5.74) is 0. The topological polar surface area (TPSA) is 48.1 Å². The normalized spacial score (nSPS) is 16.2. The minimum Gasteiger partial charge on any atom is -0.379 e. The van der Waals surface area contributed by atoms with Crippen LogP contribution in [0.1, 0.15) is 19.3 Å². The van der Waals surface area contributed by atoms with Crippen LogP contribution in [0, 0.1) is 0 Å². The van der Waals surface area contributed by atoms with E-state index in [0.717, 1.165) is 44.5 Å². The van der Waals surface area contributed by atoms with Crippen molar-refractivity contribution in [1.82, 2.24) is 24.0 Å². The minimum atomic E-state index is 0.891. The molecule has 6 nitrogen and oxygen atoms in total. The van der Waals surface area contributed by atoms with E-state index in [0.29, 0.717) is 0 Å². The number of rotatable bonds is 7. The van der Waals surface area contributed by atoms with Crippen molar-refractivity contribution in [2.45, 2.75) is 25.8 Å². The average molecular weight is 303 g/mol. The van der Waals surface area contributed by atoms with E-state index in [4.69, 9.17) is 4.74 Å². The van der Waals surface area contributed by atoms with Gasteiger partial charge < -0.3 is 13.9 Å². The smallest absolute Gasteiger partial charge is 0.176 e. The number of ether oxygens (including phenoxy) is 1. The van der Waals surface area contributed by atoms with Gasteiger partial charge in [0.1, 0.15) is 0 Å². The van der Waals surface area contributed by atoms with Crippen LogP contribution in [0.25, 0.3) is 11.6 Å². The summed E-state index contributed by atoms with van der Waals surface area (Å²) in [5.74, 6) is 1.89. The fourth-order valence-electron chi connectivity index (χ4n) is 2.90. The van der Waals surface area contributed by atoms with Crippen molar-refractivity contribution in [1.29, 1.82) is 0 Å². The number of unbranched alkanes of at least 4 members (excludes halogenated alkanes) is 2. The summed E-state index contributed by atoms with van der Waals surface area (Å²) >= 11 is 0. The summed E-state index contributed by atoms with van der Waals surface area (Å²) in [6, 6.07) is 0. The van der Waals surface area contributed by atoms with Crippen molar-refractivity contribution in [3.8, 4) is 11.6 Å². The van der Waals surface area contributed by atoms with E-state index in [1.165, 1.54) is 25.8 Å². The Balaban J connectivity index is 1.43. The van der Waals surface area contributed by atoms with Crippen molar-refractivity contribution < 1.29 is 4.74 Å². The van der Waals surface area contributed by atoms with Crippen LogP contribution in [-0.2, 0) is 18.3 Å². The summed E-state index contributed by atoms with van der Waals surface area (Å²) < 4.78 is 9.59. The highest BCUT2D eigenvalue weighted by atomic mass is 16.5. The molecule has 0 atom stereocenters. The van der Waals surface area contributed by atoms with Crippen molar-refractivity contribution in [2.24, 2.45) is 7.05 Å². The van der Waals surface area contributed by atoms with Crippen molar-refractivity contribution >= 4 is 0 Å². The van der Waals surface area contributed by atoms with Gasteiger partial charge in [-0.1, -0.05) is 6.42 Å². The third-order valence-corrected chi connectivity index (χ3v) is 4.21. The van der Waals surface area contributed by atoms with Crippen molar-refractivity contribution in [3.63, 3.8) is 0 Å². The molecule has 2 aromatic rings. The van der Waals surface area contributed by atoms with Gasteiger partial charge in [0.05, 0.1) is 13.2 Å². The Morgan fingerprint density at radius 2 is 1.68 bits per heavy atom. The maximum absolute atomic E-state index is 5.37. The lowest BCUT2D eigenvalue weighted by Crippen LogP contribution is -2.36. The molecule has 0 amide bonds.